The number of nitro groups is 1. The molecule has 0 bridgehead atoms. The van der Waals surface area contributed by atoms with Gasteiger partial charge >= 0.3 is 11.7 Å². The van der Waals surface area contributed by atoms with E-state index in [1.54, 1.807) is 24.1 Å². The number of nitrogens with zero attached hydrogens (tertiary/aromatic N) is 4. The van der Waals surface area contributed by atoms with Gasteiger partial charge < -0.3 is 9.47 Å². The second-order valence-electron chi connectivity index (χ2n) is 4.93. The molecule has 0 N–H and O–H groups in total. The lowest BCUT2D eigenvalue weighted by molar-refractivity contribution is -0.385. The average Bonchev–Trinajstić information content (AvgIpc) is 3.13. The topological polar surface area (TPSA) is 109 Å². The fraction of sp³-hybridized carbons (Fsp3) is 0.133. The normalized spacial score (nSPS) is 15.3. The number of ether oxygens (including phenoxy) is 2. The summed E-state index contributed by atoms with van der Waals surface area (Å²) in [7, 11) is 3.09. The molecule has 0 unspecified atom stereocenters. The summed E-state index contributed by atoms with van der Waals surface area (Å²) in [6.07, 6.45) is 4.82. The second kappa shape index (κ2) is 5.95. The van der Waals surface area contributed by atoms with Crippen LogP contribution in [0.3, 0.4) is 0 Å². The van der Waals surface area contributed by atoms with Crippen LogP contribution in [0.25, 0.3) is 6.08 Å². The number of aliphatic imine (C=N–C) groups is 1. The molecule has 2 heterocycles. The minimum atomic E-state index is -0.632. The highest BCUT2D eigenvalue weighted by atomic mass is 16.6. The Morgan fingerprint density at radius 1 is 1.42 bits per heavy atom. The van der Waals surface area contributed by atoms with Crippen molar-refractivity contribution in [3.63, 3.8) is 0 Å². The molecule has 1 aliphatic heterocycles. The number of hydrogen-bond acceptors (Lipinski definition) is 7. The van der Waals surface area contributed by atoms with Crippen LogP contribution in [0.2, 0.25) is 0 Å². The van der Waals surface area contributed by atoms with Crippen LogP contribution in [0.5, 0.6) is 5.75 Å². The van der Waals surface area contributed by atoms with Crippen LogP contribution in [-0.4, -0.2) is 33.7 Å². The summed E-state index contributed by atoms with van der Waals surface area (Å²) in [5, 5.41) is 15.1. The summed E-state index contributed by atoms with van der Waals surface area (Å²) in [5.74, 6) is -0.520. The molecule has 3 rings (SSSR count). The van der Waals surface area contributed by atoms with Gasteiger partial charge in [0.15, 0.2) is 11.4 Å². The van der Waals surface area contributed by atoms with Crippen molar-refractivity contribution in [1.82, 2.24) is 9.78 Å². The van der Waals surface area contributed by atoms with Gasteiger partial charge in [-0.25, -0.2) is 9.79 Å². The zero-order chi connectivity index (χ0) is 17.3. The van der Waals surface area contributed by atoms with Crippen molar-refractivity contribution < 1.29 is 19.2 Å². The summed E-state index contributed by atoms with van der Waals surface area (Å²) >= 11 is 0. The van der Waals surface area contributed by atoms with Crippen LogP contribution in [0.1, 0.15) is 11.1 Å². The number of rotatable bonds is 4. The van der Waals surface area contributed by atoms with Crippen molar-refractivity contribution in [2.24, 2.45) is 12.0 Å². The first kappa shape index (κ1) is 15.4. The maximum atomic E-state index is 11.9. The first-order chi connectivity index (χ1) is 11.5. The van der Waals surface area contributed by atoms with Gasteiger partial charge in [0, 0.05) is 30.4 Å². The Bertz CT molecular complexity index is 897. The van der Waals surface area contributed by atoms with Crippen LogP contribution in [0, 0.1) is 10.1 Å². The number of aromatic nitrogens is 2. The van der Waals surface area contributed by atoms with E-state index in [4.69, 9.17) is 9.47 Å². The third-order valence-corrected chi connectivity index (χ3v) is 3.27. The highest BCUT2D eigenvalue weighted by Gasteiger charge is 2.26. The Morgan fingerprint density at radius 3 is 2.83 bits per heavy atom. The number of cyclic esters (lactones) is 1. The summed E-state index contributed by atoms with van der Waals surface area (Å²) < 4.78 is 11.6. The van der Waals surface area contributed by atoms with E-state index in [9.17, 15) is 14.9 Å². The lowest BCUT2D eigenvalue weighted by Gasteiger charge is -2.03. The molecule has 0 spiro atoms. The molecule has 122 valence electrons. The Labute approximate surface area is 136 Å². The minimum absolute atomic E-state index is 0.000827. The number of carbonyl (C=O) groups excluding carboxylic acids is 1. The number of esters is 1. The van der Waals surface area contributed by atoms with E-state index in [0.29, 0.717) is 11.1 Å². The first-order valence-corrected chi connectivity index (χ1v) is 6.82. The van der Waals surface area contributed by atoms with Gasteiger partial charge in [-0.3, -0.25) is 14.8 Å². The number of methoxy groups -OCH3 is 1. The maximum absolute atomic E-state index is 11.9. The SMILES string of the molecule is COc1ccc(C2=NC(=Cc3cnn(C)c3)C(=O)O2)cc1[N+](=O)[O-]. The zero-order valence-corrected chi connectivity index (χ0v) is 12.8. The predicted octanol–water partition coefficient (Wildman–Crippen LogP) is 1.68. The van der Waals surface area contributed by atoms with Crippen molar-refractivity contribution in [2.75, 3.05) is 7.11 Å². The van der Waals surface area contributed by atoms with E-state index in [2.05, 4.69) is 10.1 Å². The Balaban J connectivity index is 1.97. The summed E-state index contributed by atoms with van der Waals surface area (Å²) in [4.78, 5) is 26.5. The van der Waals surface area contributed by atoms with Crippen LogP contribution in [0.4, 0.5) is 5.69 Å². The molecule has 0 saturated heterocycles. The molecule has 2 aromatic rings. The Morgan fingerprint density at radius 2 is 2.21 bits per heavy atom. The van der Waals surface area contributed by atoms with E-state index in [-0.39, 0.29) is 23.0 Å². The quantitative estimate of drug-likeness (QED) is 0.365. The van der Waals surface area contributed by atoms with Crippen LogP contribution >= 0.6 is 0 Å². The molecular weight excluding hydrogens is 316 g/mol. The zero-order valence-electron chi connectivity index (χ0n) is 12.8. The fourth-order valence-corrected chi connectivity index (χ4v) is 2.17. The summed E-state index contributed by atoms with van der Waals surface area (Å²) in [5.41, 5.74) is 0.857. The largest absolute Gasteiger partial charge is 0.490 e. The number of carbonyl (C=O) groups is 1. The Hall–Kier alpha value is -3.49. The van der Waals surface area contributed by atoms with Gasteiger partial charge in [-0.2, -0.15) is 5.10 Å². The Kier molecular flexibility index (Phi) is 3.82. The molecule has 1 aromatic heterocycles. The smallest absolute Gasteiger partial charge is 0.363 e. The molecule has 0 atom stereocenters. The molecule has 9 heteroatoms. The molecule has 0 aliphatic carbocycles. The maximum Gasteiger partial charge on any atom is 0.363 e. The molecule has 1 aliphatic rings. The monoisotopic (exact) mass is 328 g/mol. The number of nitro benzene ring substituents is 1. The molecule has 0 saturated carbocycles. The van der Waals surface area contributed by atoms with Crippen LogP contribution in [-0.2, 0) is 16.6 Å². The van der Waals surface area contributed by atoms with Crippen molar-refractivity contribution in [3.05, 3.63) is 57.5 Å². The van der Waals surface area contributed by atoms with Gasteiger partial charge in [0.2, 0.25) is 5.90 Å². The van der Waals surface area contributed by atoms with Crippen molar-refractivity contribution in [3.8, 4) is 5.75 Å². The minimum Gasteiger partial charge on any atom is -0.490 e. The van der Waals surface area contributed by atoms with E-state index in [0.717, 1.165) is 0 Å². The van der Waals surface area contributed by atoms with Gasteiger partial charge in [-0.1, -0.05) is 0 Å². The number of aryl methyl sites for hydroxylation is 1. The van der Waals surface area contributed by atoms with E-state index in [1.807, 2.05) is 0 Å². The van der Waals surface area contributed by atoms with Gasteiger partial charge in [-0.15, -0.1) is 0 Å². The van der Waals surface area contributed by atoms with Gasteiger partial charge in [0.1, 0.15) is 0 Å². The molecule has 0 radical (unpaired) electrons. The molecule has 9 nitrogen and oxygen atoms in total. The van der Waals surface area contributed by atoms with Gasteiger partial charge in [0.25, 0.3) is 0 Å². The van der Waals surface area contributed by atoms with Crippen LogP contribution in [0.15, 0.2) is 41.3 Å². The standard InChI is InChI=1S/C15H12N4O5/c1-18-8-9(7-16-18)5-11-15(20)24-14(17-11)10-3-4-13(23-2)12(6-10)19(21)22/h3-8H,1-2H3. The molecule has 0 fully saturated rings. The highest BCUT2D eigenvalue weighted by molar-refractivity contribution is 6.13. The fourth-order valence-electron chi connectivity index (χ4n) is 2.17. The summed E-state index contributed by atoms with van der Waals surface area (Å²) in [6, 6.07) is 4.20. The third kappa shape index (κ3) is 2.86. The lowest BCUT2D eigenvalue weighted by atomic mass is 10.2. The van der Waals surface area contributed by atoms with Gasteiger partial charge in [0.05, 0.1) is 18.2 Å². The van der Waals surface area contributed by atoms with Crippen molar-refractivity contribution >= 4 is 23.6 Å². The first-order valence-electron chi connectivity index (χ1n) is 6.82. The second-order valence-corrected chi connectivity index (χ2v) is 4.93. The third-order valence-electron chi connectivity index (χ3n) is 3.27. The average molecular weight is 328 g/mol. The van der Waals surface area contributed by atoms with Crippen LogP contribution < -0.4 is 4.74 Å². The molecule has 0 amide bonds. The molecule has 1 aromatic carbocycles. The number of hydrogen-bond donors (Lipinski definition) is 0. The molecular formula is C15H12N4O5. The number of benzene rings is 1. The highest BCUT2D eigenvalue weighted by Crippen LogP contribution is 2.29. The molecule has 24 heavy (non-hydrogen) atoms. The van der Waals surface area contributed by atoms with E-state index >= 15 is 0 Å². The van der Waals surface area contributed by atoms with Gasteiger partial charge in [-0.05, 0) is 18.2 Å². The van der Waals surface area contributed by atoms with E-state index < -0.39 is 10.9 Å². The predicted molar refractivity (Wildman–Crippen MR) is 83.5 cm³/mol. The summed E-state index contributed by atoms with van der Waals surface area (Å²) in [6.45, 7) is 0. The van der Waals surface area contributed by atoms with Crippen molar-refractivity contribution in [2.45, 2.75) is 0 Å². The van der Waals surface area contributed by atoms with E-state index in [1.165, 1.54) is 31.4 Å². The van der Waals surface area contributed by atoms with Crippen molar-refractivity contribution in [1.29, 1.82) is 0 Å². The lowest BCUT2D eigenvalue weighted by Crippen LogP contribution is -2.06.